The molecule has 0 bridgehead atoms. The molecule has 1 heterocycles. The van der Waals surface area contributed by atoms with E-state index >= 15 is 0 Å². The van der Waals surface area contributed by atoms with Crippen LogP contribution in [0.3, 0.4) is 0 Å². The molecule has 130 valence electrons. The first kappa shape index (κ1) is 16.9. The number of carbonyl (C=O) groups is 2. The molecule has 0 saturated heterocycles. The maximum atomic E-state index is 13.8. The highest BCUT2D eigenvalue weighted by atomic mass is 19.1. The second-order valence-corrected chi connectivity index (χ2v) is 5.83. The molecule has 1 aromatic heterocycles. The number of benzene rings is 1. The van der Waals surface area contributed by atoms with Gasteiger partial charge in [0, 0.05) is 30.3 Å². The minimum Gasteiger partial charge on any atom is -0.618 e. The van der Waals surface area contributed by atoms with Crippen LogP contribution < -0.4 is 4.73 Å². The summed E-state index contributed by atoms with van der Waals surface area (Å²) in [5.41, 5.74) is 0.219. The zero-order valence-corrected chi connectivity index (χ0v) is 13.4. The monoisotopic (exact) mass is 344 g/mol. The van der Waals surface area contributed by atoms with Crippen molar-refractivity contribution in [2.45, 2.75) is 25.4 Å². The normalized spacial score (nSPS) is 13.3. The first-order chi connectivity index (χ1) is 12.1. The van der Waals surface area contributed by atoms with Gasteiger partial charge < -0.3 is 14.8 Å². The summed E-state index contributed by atoms with van der Waals surface area (Å²) < 4.78 is 19.1. The maximum absolute atomic E-state index is 13.8. The maximum Gasteiger partial charge on any atom is 0.405 e. The highest BCUT2D eigenvalue weighted by Crippen LogP contribution is 2.29. The van der Waals surface area contributed by atoms with Gasteiger partial charge in [-0.2, -0.15) is 4.73 Å². The Morgan fingerprint density at radius 1 is 1.20 bits per heavy atom. The average molecular weight is 344 g/mol. The lowest BCUT2D eigenvalue weighted by atomic mass is 10.2. The van der Waals surface area contributed by atoms with Crippen LogP contribution in [0.5, 0.6) is 0 Å². The van der Waals surface area contributed by atoms with Crippen LogP contribution >= 0.6 is 0 Å². The van der Waals surface area contributed by atoms with Crippen molar-refractivity contribution in [2.24, 2.45) is 0 Å². The van der Waals surface area contributed by atoms with Gasteiger partial charge in [0.05, 0.1) is 0 Å². The van der Waals surface area contributed by atoms with E-state index in [1.165, 1.54) is 35.4 Å². The molecule has 0 unspecified atom stereocenters. The first-order valence-corrected chi connectivity index (χ1v) is 7.94. The highest BCUT2D eigenvalue weighted by Gasteiger charge is 2.33. The van der Waals surface area contributed by atoms with Crippen LogP contribution in [-0.2, 0) is 16.1 Å². The number of hydrogen-bond acceptors (Lipinski definition) is 4. The smallest absolute Gasteiger partial charge is 0.405 e. The minimum absolute atomic E-state index is 0.0342. The Morgan fingerprint density at radius 3 is 2.60 bits per heavy atom. The number of rotatable bonds is 6. The third-order valence-corrected chi connectivity index (χ3v) is 3.97. The zero-order valence-electron chi connectivity index (χ0n) is 13.4. The number of ether oxygens (including phenoxy) is 1. The molecule has 1 aliphatic rings. The molecule has 6 nitrogen and oxygen atoms in total. The second-order valence-electron chi connectivity index (χ2n) is 5.83. The van der Waals surface area contributed by atoms with Crippen molar-refractivity contribution >= 4 is 11.9 Å². The number of carbonyl (C=O) groups excluding carboxylic acids is 2. The first-order valence-electron chi connectivity index (χ1n) is 7.94. The second kappa shape index (κ2) is 7.29. The molecule has 0 N–H and O–H groups in total. The average Bonchev–Trinajstić information content (AvgIpc) is 3.44. The number of halogens is 1. The van der Waals surface area contributed by atoms with Crippen molar-refractivity contribution in [2.75, 3.05) is 6.61 Å². The van der Waals surface area contributed by atoms with Gasteiger partial charge >= 0.3 is 11.7 Å². The Balaban J connectivity index is 1.63. The standard InChI is InChI=1S/C18H17FN2O4/c19-15-6-2-1-5-13(15)11-20(14-8-9-14)17(22)12-25-18(23)16-7-3-4-10-21(16)24/h1-7,10,14H,8-9,11-12H2. The molecule has 1 saturated carbocycles. The van der Waals surface area contributed by atoms with E-state index in [4.69, 9.17) is 4.74 Å². The molecule has 0 aliphatic heterocycles. The third-order valence-electron chi connectivity index (χ3n) is 3.97. The Morgan fingerprint density at radius 2 is 1.92 bits per heavy atom. The van der Waals surface area contributed by atoms with Crippen LogP contribution in [-0.4, -0.2) is 29.4 Å². The van der Waals surface area contributed by atoms with E-state index in [9.17, 15) is 19.2 Å². The number of hydrogen-bond donors (Lipinski definition) is 0. The fourth-order valence-corrected chi connectivity index (χ4v) is 2.49. The minimum atomic E-state index is -0.870. The van der Waals surface area contributed by atoms with Crippen molar-refractivity contribution in [1.82, 2.24) is 4.90 Å². The van der Waals surface area contributed by atoms with Crippen LogP contribution in [0.25, 0.3) is 0 Å². The molecule has 25 heavy (non-hydrogen) atoms. The van der Waals surface area contributed by atoms with Crippen molar-refractivity contribution in [3.05, 3.63) is 70.9 Å². The molecule has 7 heteroatoms. The van der Waals surface area contributed by atoms with Gasteiger partial charge in [-0.1, -0.05) is 18.2 Å². The van der Waals surface area contributed by atoms with Crippen LogP contribution in [0, 0.1) is 11.0 Å². The lowest BCUT2D eigenvalue weighted by Gasteiger charge is -2.22. The van der Waals surface area contributed by atoms with E-state index in [0.717, 1.165) is 12.8 Å². The van der Waals surface area contributed by atoms with Crippen molar-refractivity contribution < 1.29 is 23.4 Å². The van der Waals surface area contributed by atoms with E-state index in [1.54, 1.807) is 18.2 Å². The van der Waals surface area contributed by atoms with Crippen molar-refractivity contribution in [3.8, 4) is 0 Å². The molecule has 0 atom stereocenters. The molecule has 3 rings (SSSR count). The quantitative estimate of drug-likeness (QED) is 0.455. The Hall–Kier alpha value is -2.96. The Labute approximate surface area is 144 Å². The zero-order chi connectivity index (χ0) is 17.8. The summed E-state index contributed by atoms with van der Waals surface area (Å²) in [5, 5.41) is 11.5. The summed E-state index contributed by atoms with van der Waals surface area (Å²) in [7, 11) is 0. The lowest BCUT2D eigenvalue weighted by Crippen LogP contribution is -2.38. The van der Waals surface area contributed by atoms with Gasteiger partial charge in [-0.25, -0.2) is 9.18 Å². The molecule has 1 aliphatic carbocycles. The van der Waals surface area contributed by atoms with Crippen LogP contribution in [0.2, 0.25) is 0 Å². The molecular formula is C18H17FN2O4. The van der Waals surface area contributed by atoms with E-state index in [0.29, 0.717) is 10.3 Å². The van der Waals surface area contributed by atoms with Gasteiger partial charge in [0.1, 0.15) is 5.82 Å². The summed E-state index contributed by atoms with van der Waals surface area (Å²) in [6, 6.07) is 10.6. The summed E-state index contributed by atoms with van der Waals surface area (Å²) >= 11 is 0. The van der Waals surface area contributed by atoms with Gasteiger partial charge in [-0.05, 0) is 25.0 Å². The third kappa shape index (κ3) is 4.12. The van der Waals surface area contributed by atoms with Crippen molar-refractivity contribution in [1.29, 1.82) is 0 Å². The predicted octanol–water partition coefficient (Wildman–Crippen LogP) is 1.81. The summed E-state index contributed by atoms with van der Waals surface area (Å²) in [5.74, 6) is -1.66. The molecule has 1 fully saturated rings. The van der Waals surface area contributed by atoms with Gasteiger partial charge in [-0.15, -0.1) is 0 Å². The Bertz CT molecular complexity index is 792. The van der Waals surface area contributed by atoms with Crippen LogP contribution in [0.1, 0.15) is 28.9 Å². The highest BCUT2D eigenvalue weighted by molar-refractivity contribution is 5.88. The lowest BCUT2D eigenvalue weighted by molar-refractivity contribution is -0.608. The molecular weight excluding hydrogens is 327 g/mol. The Kier molecular flexibility index (Phi) is 4.92. The summed E-state index contributed by atoms with van der Waals surface area (Å²) in [4.78, 5) is 25.8. The number of nitrogens with zero attached hydrogens (tertiary/aromatic N) is 2. The number of pyridine rings is 1. The number of aromatic nitrogens is 1. The van der Waals surface area contributed by atoms with Gasteiger partial charge in [0.25, 0.3) is 5.91 Å². The fourth-order valence-electron chi connectivity index (χ4n) is 2.49. The number of esters is 1. The molecule has 2 aromatic rings. The van der Waals surface area contributed by atoms with Gasteiger partial charge in [0.2, 0.25) is 0 Å². The van der Waals surface area contributed by atoms with E-state index < -0.39 is 18.5 Å². The van der Waals surface area contributed by atoms with E-state index in [2.05, 4.69) is 0 Å². The molecule has 0 spiro atoms. The van der Waals surface area contributed by atoms with E-state index in [-0.39, 0.29) is 24.1 Å². The van der Waals surface area contributed by atoms with Crippen LogP contribution in [0.4, 0.5) is 4.39 Å². The predicted molar refractivity (Wildman–Crippen MR) is 85.7 cm³/mol. The van der Waals surface area contributed by atoms with Gasteiger partial charge in [-0.3, -0.25) is 4.79 Å². The largest absolute Gasteiger partial charge is 0.618 e. The molecule has 1 amide bonds. The van der Waals surface area contributed by atoms with Crippen molar-refractivity contribution in [3.63, 3.8) is 0 Å². The fraction of sp³-hybridized carbons (Fsp3) is 0.278. The van der Waals surface area contributed by atoms with Crippen LogP contribution in [0.15, 0.2) is 48.7 Å². The summed E-state index contributed by atoms with van der Waals surface area (Å²) in [6.07, 6.45) is 2.86. The topological polar surface area (TPSA) is 73.6 Å². The number of amides is 1. The van der Waals surface area contributed by atoms with Gasteiger partial charge in [0.15, 0.2) is 12.8 Å². The molecule has 1 aromatic carbocycles. The molecule has 0 radical (unpaired) electrons. The summed E-state index contributed by atoms with van der Waals surface area (Å²) in [6.45, 7) is -0.362. The van der Waals surface area contributed by atoms with E-state index in [1.807, 2.05) is 0 Å². The SMILES string of the molecule is O=C(OCC(=O)N(Cc1ccccc1F)C1CC1)c1cccc[n+]1[O-].